The molecule has 1 aromatic heterocycles. The third-order valence-electron chi connectivity index (χ3n) is 5.10. The van der Waals surface area contributed by atoms with E-state index in [-0.39, 0.29) is 17.9 Å². The molecule has 1 aliphatic rings. The second kappa shape index (κ2) is 9.56. The van der Waals surface area contributed by atoms with Crippen molar-refractivity contribution < 1.29 is 14.1 Å². The normalized spacial score (nSPS) is 15.5. The van der Waals surface area contributed by atoms with Gasteiger partial charge in [-0.25, -0.2) is 0 Å². The minimum Gasteiger partial charge on any atom is -0.414 e. The summed E-state index contributed by atoms with van der Waals surface area (Å²) in [7, 11) is 0. The van der Waals surface area contributed by atoms with Crippen molar-refractivity contribution in [2.75, 3.05) is 25.4 Å². The third kappa shape index (κ3) is 6.07. The maximum atomic E-state index is 12.3. The van der Waals surface area contributed by atoms with E-state index >= 15 is 0 Å². The van der Waals surface area contributed by atoms with Crippen molar-refractivity contribution in [2.24, 2.45) is 0 Å². The van der Waals surface area contributed by atoms with Crippen LogP contribution < -0.4 is 10.2 Å². The van der Waals surface area contributed by atoms with Crippen LogP contribution in [0.3, 0.4) is 0 Å². The van der Waals surface area contributed by atoms with E-state index in [0.29, 0.717) is 16.7 Å². The zero-order valence-electron chi connectivity index (χ0n) is 17.1. The summed E-state index contributed by atoms with van der Waals surface area (Å²) in [5.41, 5.74) is 1.91. The first-order chi connectivity index (χ1) is 13.4. The first-order valence-electron chi connectivity index (χ1n) is 10.1. The van der Waals surface area contributed by atoms with E-state index < -0.39 is 0 Å². The molecule has 0 radical (unpaired) electrons. The average Bonchev–Trinajstić information content (AvgIpc) is 3.14. The molecule has 6 nitrogen and oxygen atoms in total. The van der Waals surface area contributed by atoms with Gasteiger partial charge in [-0.2, -0.15) is 0 Å². The maximum absolute atomic E-state index is 12.3. The molecule has 0 aliphatic carbocycles. The zero-order valence-corrected chi connectivity index (χ0v) is 17.9. The number of aromatic nitrogens is 2. The standard InChI is InChI=1S/C21H30N4O2S/c1-21(2,3)17-9-7-16(8-10-17)19(26)22-15-18-23-24-20(27-18)28-14-13-25-11-5-4-6-12-25/h7-10H,4-6,11-15H2,1-3H3,(H,22,26)/p+1. The van der Waals surface area contributed by atoms with Crippen LogP contribution in [0.1, 0.15) is 61.8 Å². The summed E-state index contributed by atoms with van der Waals surface area (Å²) in [4.78, 5) is 14.0. The van der Waals surface area contributed by atoms with Crippen LogP contribution in [0, 0.1) is 0 Å². The van der Waals surface area contributed by atoms with Crippen molar-refractivity contribution >= 4 is 17.7 Å². The Morgan fingerprint density at radius 3 is 2.54 bits per heavy atom. The first kappa shape index (κ1) is 20.9. The van der Waals surface area contributed by atoms with Gasteiger partial charge in [0.1, 0.15) is 0 Å². The van der Waals surface area contributed by atoms with Gasteiger partial charge in [0.2, 0.25) is 5.89 Å². The summed E-state index contributed by atoms with van der Waals surface area (Å²) < 4.78 is 5.64. The van der Waals surface area contributed by atoms with Crippen LogP contribution in [0.2, 0.25) is 0 Å². The van der Waals surface area contributed by atoms with Crippen molar-refractivity contribution in [3.05, 3.63) is 41.3 Å². The number of piperidine rings is 1. The summed E-state index contributed by atoms with van der Waals surface area (Å²) in [5.74, 6) is 1.28. The highest BCUT2D eigenvalue weighted by atomic mass is 32.2. The second-order valence-corrected chi connectivity index (χ2v) is 9.43. The minimum atomic E-state index is -0.137. The fourth-order valence-corrected chi connectivity index (χ4v) is 4.15. The largest absolute Gasteiger partial charge is 0.414 e. The van der Waals surface area contributed by atoms with E-state index in [0.717, 1.165) is 12.3 Å². The van der Waals surface area contributed by atoms with Gasteiger partial charge in [0.25, 0.3) is 11.1 Å². The lowest BCUT2D eigenvalue weighted by atomic mass is 9.87. The van der Waals surface area contributed by atoms with Gasteiger partial charge in [-0.3, -0.25) is 4.79 Å². The number of thioether (sulfide) groups is 1. The molecule has 2 N–H and O–H groups in total. The molecule has 1 amide bonds. The molecule has 0 unspecified atom stereocenters. The molecule has 0 spiro atoms. The van der Waals surface area contributed by atoms with Crippen molar-refractivity contribution in [1.29, 1.82) is 0 Å². The number of hydrogen-bond acceptors (Lipinski definition) is 5. The summed E-state index contributed by atoms with van der Waals surface area (Å²) >= 11 is 1.60. The SMILES string of the molecule is CC(C)(C)c1ccc(C(=O)NCc2nnc(SCC[NH+]3CCCCC3)o2)cc1. The Labute approximate surface area is 171 Å². The van der Waals surface area contributed by atoms with Crippen LogP contribution >= 0.6 is 11.8 Å². The lowest BCUT2D eigenvalue weighted by Crippen LogP contribution is -3.13. The van der Waals surface area contributed by atoms with Crippen LogP contribution in [0.15, 0.2) is 33.9 Å². The molecule has 1 aliphatic heterocycles. The lowest BCUT2D eigenvalue weighted by molar-refractivity contribution is -0.902. The van der Waals surface area contributed by atoms with Crippen molar-refractivity contribution in [2.45, 2.75) is 57.2 Å². The fourth-order valence-electron chi connectivity index (χ4n) is 3.33. The van der Waals surface area contributed by atoms with E-state index in [1.165, 1.54) is 37.9 Å². The van der Waals surface area contributed by atoms with Crippen LogP contribution in [-0.4, -0.2) is 41.5 Å². The van der Waals surface area contributed by atoms with Crippen molar-refractivity contribution in [1.82, 2.24) is 15.5 Å². The Hall–Kier alpha value is -1.86. The maximum Gasteiger partial charge on any atom is 0.276 e. The van der Waals surface area contributed by atoms with Gasteiger partial charge < -0.3 is 14.6 Å². The number of amides is 1. The predicted molar refractivity (Wildman–Crippen MR) is 111 cm³/mol. The molecule has 1 fully saturated rings. The van der Waals surface area contributed by atoms with Crippen molar-refractivity contribution in [3.63, 3.8) is 0 Å². The van der Waals surface area contributed by atoms with Gasteiger partial charge in [0, 0.05) is 5.56 Å². The quantitative estimate of drug-likeness (QED) is 0.695. The zero-order chi connectivity index (χ0) is 20.0. The molecule has 0 saturated carbocycles. The van der Waals surface area contributed by atoms with E-state index in [4.69, 9.17) is 4.42 Å². The Morgan fingerprint density at radius 2 is 1.86 bits per heavy atom. The van der Waals surface area contributed by atoms with Gasteiger partial charge in [-0.05, 0) is 42.4 Å². The molecule has 28 heavy (non-hydrogen) atoms. The number of nitrogens with one attached hydrogen (secondary N) is 2. The topological polar surface area (TPSA) is 72.5 Å². The molecule has 2 aromatic rings. The molecule has 0 bridgehead atoms. The highest BCUT2D eigenvalue weighted by Crippen LogP contribution is 2.22. The van der Waals surface area contributed by atoms with Crippen LogP contribution in [0.4, 0.5) is 0 Å². The van der Waals surface area contributed by atoms with Gasteiger partial charge in [0.15, 0.2) is 0 Å². The highest BCUT2D eigenvalue weighted by molar-refractivity contribution is 7.99. The van der Waals surface area contributed by atoms with Crippen molar-refractivity contribution in [3.8, 4) is 0 Å². The Morgan fingerprint density at radius 1 is 1.14 bits per heavy atom. The second-order valence-electron chi connectivity index (χ2n) is 8.38. The number of carbonyl (C=O) groups is 1. The summed E-state index contributed by atoms with van der Waals surface area (Å²) in [6.07, 6.45) is 4.04. The molecule has 1 saturated heterocycles. The van der Waals surface area contributed by atoms with Gasteiger partial charge in [-0.15, -0.1) is 10.2 Å². The molecule has 1 aromatic carbocycles. The molecule has 2 heterocycles. The number of nitrogens with zero attached hydrogens (tertiary/aromatic N) is 2. The number of rotatable bonds is 7. The molecular weight excluding hydrogens is 372 g/mol. The van der Waals surface area contributed by atoms with E-state index in [2.05, 4.69) is 36.3 Å². The van der Waals surface area contributed by atoms with Crippen LogP contribution in [0.5, 0.6) is 0 Å². The Balaban J connectivity index is 1.42. The van der Waals surface area contributed by atoms with E-state index in [1.54, 1.807) is 16.7 Å². The lowest BCUT2D eigenvalue weighted by Gasteiger charge is -2.22. The first-order valence-corrected chi connectivity index (χ1v) is 11.1. The Kier molecular flexibility index (Phi) is 7.13. The monoisotopic (exact) mass is 403 g/mol. The molecular formula is C21H31N4O2S+. The number of hydrogen-bond donors (Lipinski definition) is 2. The average molecular weight is 404 g/mol. The van der Waals surface area contributed by atoms with Gasteiger partial charge >= 0.3 is 0 Å². The summed E-state index contributed by atoms with van der Waals surface area (Å²) in [5, 5.41) is 11.5. The van der Waals surface area contributed by atoms with E-state index in [1.807, 2.05) is 24.3 Å². The van der Waals surface area contributed by atoms with E-state index in [9.17, 15) is 4.79 Å². The summed E-state index contributed by atoms with van der Waals surface area (Å²) in [6.45, 7) is 10.4. The third-order valence-corrected chi connectivity index (χ3v) is 5.92. The number of benzene rings is 1. The predicted octanol–water partition coefficient (Wildman–Crippen LogP) is 2.46. The van der Waals surface area contributed by atoms with Crippen LogP contribution in [0.25, 0.3) is 0 Å². The highest BCUT2D eigenvalue weighted by Gasteiger charge is 2.16. The molecule has 152 valence electrons. The molecule has 7 heteroatoms. The van der Waals surface area contributed by atoms with Gasteiger partial charge in [-0.1, -0.05) is 44.7 Å². The Bertz CT molecular complexity index is 761. The van der Waals surface area contributed by atoms with Gasteiger partial charge in [0.05, 0.1) is 31.9 Å². The number of carbonyl (C=O) groups excluding carboxylic acids is 1. The molecule has 3 rings (SSSR count). The minimum absolute atomic E-state index is 0.0717. The number of likely N-dealkylation sites (tertiary alicyclic amines) is 1. The van der Waals surface area contributed by atoms with Crippen LogP contribution in [-0.2, 0) is 12.0 Å². The molecule has 0 atom stereocenters. The summed E-state index contributed by atoms with van der Waals surface area (Å²) in [6, 6.07) is 7.71. The fraction of sp³-hybridized carbons (Fsp3) is 0.571. The smallest absolute Gasteiger partial charge is 0.276 e. The number of quaternary nitrogens is 1.